The topological polar surface area (TPSA) is 59.1 Å². The molecule has 0 aliphatic carbocycles. The standard InChI is InChI=1S/C18H14N2O2/c1-12(21)13-6-4-7-16(10-13)20-18(22)15-9-14-5-2-3-8-17(14)19-11-15/h2-11H,1H3,(H,20,22). The van der Waals surface area contributed by atoms with Crippen LogP contribution in [0.25, 0.3) is 10.9 Å². The van der Waals surface area contributed by atoms with Gasteiger partial charge >= 0.3 is 0 Å². The molecule has 3 rings (SSSR count). The van der Waals surface area contributed by atoms with Gasteiger partial charge in [0.15, 0.2) is 5.78 Å². The van der Waals surface area contributed by atoms with E-state index < -0.39 is 0 Å². The SMILES string of the molecule is CC(=O)c1cccc(NC(=O)c2cnc3ccccc3c2)c1. The third-order valence-corrected chi connectivity index (χ3v) is 3.38. The lowest BCUT2D eigenvalue weighted by molar-refractivity contribution is 0.101. The third-order valence-electron chi connectivity index (χ3n) is 3.38. The van der Waals surface area contributed by atoms with Gasteiger partial charge in [-0.1, -0.05) is 30.3 Å². The van der Waals surface area contributed by atoms with Crippen LogP contribution < -0.4 is 5.32 Å². The van der Waals surface area contributed by atoms with Gasteiger partial charge in [0.1, 0.15) is 0 Å². The molecular formula is C18H14N2O2. The lowest BCUT2D eigenvalue weighted by atomic mass is 10.1. The maximum atomic E-state index is 12.3. The van der Waals surface area contributed by atoms with Crippen LogP contribution in [-0.2, 0) is 0 Å². The Labute approximate surface area is 127 Å². The number of hydrogen-bond acceptors (Lipinski definition) is 3. The van der Waals surface area contributed by atoms with E-state index in [-0.39, 0.29) is 11.7 Å². The Kier molecular flexibility index (Phi) is 3.66. The molecule has 108 valence electrons. The van der Waals surface area contributed by atoms with E-state index in [0.717, 1.165) is 10.9 Å². The van der Waals surface area contributed by atoms with Crippen LogP contribution in [0.5, 0.6) is 0 Å². The number of rotatable bonds is 3. The van der Waals surface area contributed by atoms with Crippen LogP contribution in [0.4, 0.5) is 5.69 Å². The Morgan fingerprint density at radius 2 is 1.77 bits per heavy atom. The molecular weight excluding hydrogens is 276 g/mol. The molecule has 0 aliphatic rings. The van der Waals surface area contributed by atoms with Gasteiger partial charge in [0.25, 0.3) is 5.91 Å². The first-order valence-electron chi connectivity index (χ1n) is 6.90. The number of pyridine rings is 1. The van der Waals surface area contributed by atoms with E-state index in [9.17, 15) is 9.59 Å². The number of amides is 1. The number of para-hydroxylation sites is 1. The monoisotopic (exact) mass is 290 g/mol. The molecule has 4 nitrogen and oxygen atoms in total. The number of nitrogens with zero attached hydrogens (tertiary/aromatic N) is 1. The van der Waals surface area contributed by atoms with E-state index >= 15 is 0 Å². The van der Waals surface area contributed by atoms with Gasteiger partial charge < -0.3 is 5.32 Å². The molecule has 22 heavy (non-hydrogen) atoms. The summed E-state index contributed by atoms with van der Waals surface area (Å²) < 4.78 is 0. The Morgan fingerprint density at radius 1 is 0.955 bits per heavy atom. The fraction of sp³-hybridized carbons (Fsp3) is 0.0556. The summed E-state index contributed by atoms with van der Waals surface area (Å²) in [7, 11) is 0. The fourth-order valence-electron chi connectivity index (χ4n) is 2.21. The predicted molar refractivity (Wildman–Crippen MR) is 86.1 cm³/mol. The van der Waals surface area contributed by atoms with E-state index in [0.29, 0.717) is 16.8 Å². The summed E-state index contributed by atoms with van der Waals surface area (Å²) in [5.74, 6) is -0.289. The van der Waals surface area contributed by atoms with Crippen LogP contribution in [-0.4, -0.2) is 16.7 Å². The molecule has 1 heterocycles. The van der Waals surface area contributed by atoms with Gasteiger partial charge in [0.05, 0.1) is 11.1 Å². The largest absolute Gasteiger partial charge is 0.322 e. The summed E-state index contributed by atoms with van der Waals surface area (Å²) in [6.45, 7) is 1.49. The second-order valence-corrected chi connectivity index (χ2v) is 5.01. The van der Waals surface area contributed by atoms with Gasteiger partial charge in [-0.2, -0.15) is 0 Å². The molecule has 0 bridgehead atoms. The molecule has 0 saturated carbocycles. The Morgan fingerprint density at radius 3 is 2.59 bits per heavy atom. The van der Waals surface area contributed by atoms with E-state index in [4.69, 9.17) is 0 Å². The van der Waals surface area contributed by atoms with Crippen molar-refractivity contribution in [2.75, 3.05) is 5.32 Å². The highest BCUT2D eigenvalue weighted by Crippen LogP contribution is 2.16. The Bertz CT molecular complexity index is 872. The molecule has 4 heteroatoms. The van der Waals surface area contributed by atoms with Crippen molar-refractivity contribution in [1.82, 2.24) is 4.98 Å². The van der Waals surface area contributed by atoms with Gasteiger partial charge in [-0.25, -0.2) is 0 Å². The predicted octanol–water partition coefficient (Wildman–Crippen LogP) is 3.69. The number of carbonyl (C=O) groups is 2. The van der Waals surface area contributed by atoms with Crippen molar-refractivity contribution in [3.8, 4) is 0 Å². The minimum absolute atomic E-state index is 0.0385. The van der Waals surface area contributed by atoms with Gasteiger partial charge in [0.2, 0.25) is 0 Å². The number of carbonyl (C=O) groups excluding carboxylic acids is 2. The molecule has 2 aromatic carbocycles. The first kappa shape index (κ1) is 13.9. The zero-order chi connectivity index (χ0) is 15.5. The average Bonchev–Trinajstić information content (AvgIpc) is 2.54. The molecule has 0 radical (unpaired) electrons. The van der Waals surface area contributed by atoms with Crippen molar-refractivity contribution in [3.05, 3.63) is 71.9 Å². The van der Waals surface area contributed by atoms with Crippen molar-refractivity contribution in [2.24, 2.45) is 0 Å². The van der Waals surface area contributed by atoms with Crippen LogP contribution >= 0.6 is 0 Å². The van der Waals surface area contributed by atoms with Gasteiger partial charge in [-0.3, -0.25) is 14.6 Å². The molecule has 1 N–H and O–H groups in total. The van der Waals surface area contributed by atoms with Crippen LogP contribution in [0, 0.1) is 0 Å². The van der Waals surface area contributed by atoms with Crippen molar-refractivity contribution < 1.29 is 9.59 Å². The number of nitrogens with one attached hydrogen (secondary N) is 1. The first-order chi connectivity index (χ1) is 10.6. The van der Waals surface area contributed by atoms with Crippen molar-refractivity contribution >= 4 is 28.3 Å². The molecule has 0 aliphatic heterocycles. The second-order valence-electron chi connectivity index (χ2n) is 5.01. The normalized spacial score (nSPS) is 10.4. The minimum Gasteiger partial charge on any atom is -0.322 e. The summed E-state index contributed by atoms with van der Waals surface area (Å²) in [6, 6.07) is 16.3. The highest BCUT2D eigenvalue weighted by Gasteiger charge is 2.08. The number of aromatic nitrogens is 1. The summed E-state index contributed by atoms with van der Waals surface area (Å²) in [4.78, 5) is 28.0. The average molecular weight is 290 g/mol. The molecule has 0 atom stereocenters. The molecule has 1 amide bonds. The number of benzene rings is 2. The Balaban J connectivity index is 1.86. The highest BCUT2D eigenvalue weighted by molar-refractivity contribution is 6.06. The van der Waals surface area contributed by atoms with Gasteiger partial charge in [0, 0.05) is 22.8 Å². The molecule has 3 aromatic rings. The summed E-state index contributed by atoms with van der Waals surface area (Å²) >= 11 is 0. The smallest absolute Gasteiger partial charge is 0.257 e. The lowest BCUT2D eigenvalue weighted by Crippen LogP contribution is -2.12. The number of fused-ring (bicyclic) bond motifs is 1. The summed E-state index contributed by atoms with van der Waals surface area (Å²) in [5.41, 5.74) is 2.48. The van der Waals surface area contributed by atoms with Crippen LogP contribution in [0.3, 0.4) is 0 Å². The van der Waals surface area contributed by atoms with Crippen molar-refractivity contribution in [3.63, 3.8) is 0 Å². The Hall–Kier alpha value is -3.01. The van der Waals surface area contributed by atoms with Gasteiger partial charge in [-0.05, 0) is 31.2 Å². The molecule has 0 spiro atoms. The van der Waals surface area contributed by atoms with Crippen molar-refractivity contribution in [1.29, 1.82) is 0 Å². The zero-order valence-corrected chi connectivity index (χ0v) is 12.0. The first-order valence-corrected chi connectivity index (χ1v) is 6.90. The lowest BCUT2D eigenvalue weighted by Gasteiger charge is -2.07. The quantitative estimate of drug-likeness (QED) is 0.748. The van der Waals surface area contributed by atoms with E-state index in [2.05, 4.69) is 10.3 Å². The van der Waals surface area contributed by atoms with Crippen molar-refractivity contribution in [2.45, 2.75) is 6.92 Å². The molecule has 0 saturated heterocycles. The van der Waals surface area contributed by atoms with Crippen LogP contribution in [0.2, 0.25) is 0 Å². The van der Waals surface area contributed by atoms with Gasteiger partial charge in [-0.15, -0.1) is 0 Å². The number of hydrogen-bond donors (Lipinski definition) is 1. The third kappa shape index (κ3) is 2.86. The maximum absolute atomic E-state index is 12.3. The number of ketones is 1. The maximum Gasteiger partial charge on any atom is 0.257 e. The van der Waals surface area contributed by atoms with E-state index in [1.54, 1.807) is 36.5 Å². The summed E-state index contributed by atoms with van der Waals surface area (Å²) in [6.07, 6.45) is 1.55. The van der Waals surface area contributed by atoms with E-state index in [1.807, 2.05) is 24.3 Å². The fourth-order valence-corrected chi connectivity index (χ4v) is 2.21. The molecule has 1 aromatic heterocycles. The molecule has 0 unspecified atom stereocenters. The van der Waals surface area contributed by atoms with Crippen LogP contribution in [0.15, 0.2) is 60.8 Å². The highest BCUT2D eigenvalue weighted by atomic mass is 16.1. The van der Waals surface area contributed by atoms with Crippen LogP contribution in [0.1, 0.15) is 27.6 Å². The second kappa shape index (κ2) is 5.77. The molecule has 0 fully saturated rings. The number of Topliss-reactive ketones (excluding diaryl/α,β-unsaturated/α-hetero) is 1. The zero-order valence-electron chi connectivity index (χ0n) is 12.0. The number of anilines is 1. The summed E-state index contributed by atoms with van der Waals surface area (Å²) in [5, 5.41) is 3.70. The van der Waals surface area contributed by atoms with E-state index in [1.165, 1.54) is 6.92 Å². The minimum atomic E-state index is -0.251.